The summed E-state index contributed by atoms with van der Waals surface area (Å²) >= 11 is 1.55. The molecule has 0 fully saturated rings. The van der Waals surface area contributed by atoms with Crippen LogP contribution in [0, 0.1) is 0 Å². The van der Waals surface area contributed by atoms with Gasteiger partial charge in [0.25, 0.3) is 0 Å². The minimum Gasteiger partial charge on any atom is -0.311 e. The second-order valence-corrected chi connectivity index (χ2v) is 5.31. The number of hydrogen-bond donors (Lipinski definition) is 0. The van der Waals surface area contributed by atoms with Crippen LogP contribution in [0.15, 0.2) is 23.1 Å². The van der Waals surface area contributed by atoms with Crippen molar-refractivity contribution in [1.82, 2.24) is 0 Å². The van der Waals surface area contributed by atoms with Crippen molar-refractivity contribution in [3.63, 3.8) is 0 Å². The van der Waals surface area contributed by atoms with Crippen LogP contribution < -0.4 is 4.90 Å². The zero-order chi connectivity index (χ0) is 13.1. The van der Waals surface area contributed by atoms with Gasteiger partial charge < -0.3 is 4.90 Å². The van der Waals surface area contributed by atoms with Crippen molar-refractivity contribution >= 4 is 29.1 Å². The van der Waals surface area contributed by atoms with Crippen LogP contribution in [0.5, 0.6) is 0 Å². The fourth-order valence-electron chi connectivity index (χ4n) is 2.05. The average Bonchev–Trinajstić information content (AvgIpc) is 2.40. The first kappa shape index (κ1) is 13.1. The minimum atomic E-state index is 0.122. The second kappa shape index (κ2) is 5.57. The molecule has 4 heteroatoms. The van der Waals surface area contributed by atoms with Gasteiger partial charge in [0.1, 0.15) is 0 Å². The maximum Gasteiger partial charge on any atom is 0.237 e. The van der Waals surface area contributed by atoms with Crippen LogP contribution >= 0.6 is 11.8 Å². The number of carbonyl (C=O) groups excluding carboxylic acids is 2. The normalized spacial score (nSPS) is 14.6. The molecule has 0 bridgehead atoms. The van der Waals surface area contributed by atoms with Crippen LogP contribution in [0.1, 0.15) is 37.0 Å². The molecule has 1 amide bonds. The molecule has 0 aliphatic carbocycles. The Morgan fingerprint density at radius 3 is 2.83 bits per heavy atom. The van der Waals surface area contributed by atoms with Crippen molar-refractivity contribution in [3.05, 3.63) is 23.8 Å². The molecule has 0 spiro atoms. The van der Waals surface area contributed by atoms with Gasteiger partial charge in [0, 0.05) is 23.4 Å². The van der Waals surface area contributed by atoms with Gasteiger partial charge in [0.2, 0.25) is 5.91 Å². The highest BCUT2D eigenvalue weighted by molar-refractivity contribution is 8.00. The van der Waals surface area contributed by atoms with E-state index < -0.39 is 0 Å². The molecule has 0 N–H and O–H groups in total. The van der Waals surface area contributed by atoms with Crippen molar-refractivity contribution in [2.24, 2.45) is 0 Å². The molecule has 1 aromatic rings. The SMILES string of the molecule is CCCN1C(=O)CSc2ccc(C(=O)CC)cc21. The Kier molecular flexibility index (Phi) is 4.07. The van der Waals surface area contributed by atoms with Crippen LogP contribution in [0.25, 0.3) is 0 Å². The van der Waals surface area contributed by atoms with Gasteiger partial charge in [-0.2, -0.15) is 0 Å². The highest BCUT2D eigenvalue weighted by Gasteiger charge is 2.24. The molecule has 1 aliphatic heterocycles. The fourth-order valence-corrected chi connectivity index (χ4v) is 2.96. The monoisotopic (exact) mass is 263 g/mol. The number of hydrogen-bond acceptors (Lipinski definition) is 3. The number of anilines is 1. The number of Topliss-reactive ketones (excluding diaryl/α,β-unsaturated/α-hetero) is 1. The summed E-state index contributed by atoms with van der Waals surface area (Å²) in [6, 6.07) is 5.68. The van der Waals surface area contributed by atoms with Crippen molar-refractivity contribution < 1.29 is 9.59 Å². The lowest BCUT2D eigenvalue weighted by molar-refractivity contribution is -0.116. The molecule has 1 heterocycles. The molecule has 0 saturated carbocycles. The second-order valence-electron chi connectivity index (χ2n) is 4.29. The van der Waals surface area contributed by atoms with E-state index in [0.29, 0.717) is 17.7 Å². The van der Waals surface area contributed by atoms with E-state index in [9.17, 15) is 9.59 Å². The Balaban J connectivity index is 2.41. The van der Waals surface area contributed by atoms with E-state index in [4.69, 9.17) is 0 Å². The summed E-state index contributed by atoms with van der Waals surface area (Å²) in [6.45, 7) is 4.62. The summed E-state index contributed by atoms with van der Waals surface area (Å²) in [6.07, 6.45) is 1.41. The van der Waals surface area contributed by atoms with Gasteiger partial charge in [0.15, 0.2) is 5.78 Å². The minimum absolute atomic E-state index is 0.122. The van der Waals surface area contributed by atoms with Gasteiger partial charge in [-0.15, -0.1) is 11.8 Å². The first-order valence-electron chi connectivity index (χ1n) is 6.27. The first-order chi connectivity index (χ1) is 8.67. The maximum absolute atomic E-state index is 11.9. The molecule has 0 aromatic heterocycles. The Hall–Kier alpha value is -1.29. The predicted molar refractivity (Wildman–Crippen MR) is 74.4 cm³/mol. The number of benzene rings is 1. The number of carbonyl (C=O) groups is 2. The van der Waals surface area contributed by atoms with Crippen LogP contribution in [0.4, 0.5) is 5.69 Å². The lowest BCUT2D eigenvalue weighted by atomic mass is 10.1. The third-order valence-electron chi connectivity index (χ3n) is 2.99. The largest absolute Gasteiger partial charge is 0.311 e. The Morgan fingerprint density at radius 2 is 2.17 bits per heavy atom. The van der Waals surface area contributed by atoms with Gasteiger partial charge in [0.05, 0.1) is 11.4 Å². The lowest BCUT2D eigenvalue weighted by Crippen LogP contribution is -2.36. The maximum atomic E-state index is 11.9. The quantitative estimate of drug-likeness (QED) is 0.783. The summed E-state index contributed by atoms with van der Waals surface area (Å²) in [5.41, 5.74) is 1.60. The molecule has 3 nitrogen and oxygen atoms in total. The van der Waals surface area contributed by atoms with Crippen LogP contribution in [0.2, 0.25) is 0 Å². The van der Waals surface area contributed by atoms with Crippen LogP contribution in [-0.4, -0.2) is 24.0 Å². The fraction of sp³-hybridized carbons (Fsp3) is 0.429. The number of thioether (sulfide) groups is 1. The third kappa shape index (κ3) is 2.43. The standard InChI is InChI=1S/C14H17NO2S/c1-3-7-15-11-8-10(12(16)4-2)5-6-13(11)18-9-14(15)17/h5-6,8H,3-4,7,9H2,1-2H3. The van der Waals surface area contributed by atoms with Gasteiger partial charge in [-0.05, 0) is 18.6 Å². The van der Waals surface area contributed by atoms with Crippen molar-refractivity contribution in [2.75, 3.05) is 17.2 Å². The first-order valence-corrected chi connectivity index (χ1v) is 7.26. The van der Waals surface area contributed by atoms with Gasteiger partial charge in [-0.25, -0.2) is 0 Å². The predicted octanol–water partition coefficient (Wildman–Crippen LogP) is 3.13. The molecule has 0 saturated heterocycles. The molecular formula is C14H17NO2S. The number of nitrogens with zero attached hydrogens (tertiary/aromatic N) is 1. The Bertz CT molecular complexity index is 485. The van der Waals surface area contributed by atoms with E-state index in [2.05, 4.69) is 6.92 Å². The summed E-state index contributed by atoms with van der Waals surface area (Å²) in [5.74, 6) is 0.751. The molecule has 18 heavy (non-hydrogen) atoms. The Labute approximate surface area is 112 Å². The smallest absolute Gasteiger partial charge is 0.237 e. The zero-order valence-electron chi connectivity index (χ0n) is 10.7. The highest BCUT2D eigenvalue weighted by atomic mass is 32.2. The van der Waals surface area contributed by atoms with Crippen molar-refractivity contribution in [1.29, 1.82) is 0 Å². The molecule has 96 valence electrons. The molecule has 0 unspecified atom stereocenters. The van der Waals surface area contributed by atoms with Crippen LogP contribution in [0.3, 0.4) is 0 Å². The highest BCUT2D eigenvalue weighted by Crippen LogP contribution is 2.36. The molecule has 2 rings (SSSR count). The zero-order valence-corrected chi connectivity index (χ0v) is 11.5. The molecule has 1 aromatic carbocycles. The Morgan fingerprint density at radius 1 is 1.39 bits per heavy atom. The number of ketones is 1. The third-order valence-corrected chi connectivity index (χ3v) is 4.04. The van der Waals surface area contributed by atoms with Crippen molar-refractivity contribution in [2.45, 2.75) is 31.6 Å². The number of amides is 1. The van der Waals surface area contributed by atoms with E-state index in [0.717, 1.165) is 23.5 Å². The van der Waals surface area contributed by atoms with Gasteiger partial charge in [-0.1, -0.05) is 19.9 Å². The van der Waals surface area contributed by atoms with E-state index in [1.165, 1.54) is 0 Å². The molecular weight excluding hydrogens is 246 g/mol. The molecule has 1 aliphatic rings. The summed E-state index contributed by atoms with van der Waals surface area (Å²) < 4.78 is 0. The summed E-state index contributed by atoms with van der Waals surface area (Å²) in [5, 5.41) is 0. The van der Waals surface area contributed by atoms with E-state index in [-0.39, 0.29) is 11.7 Å². The molecule has 0 radical (unpaired) electrons. The average molecular weight is 263 g/mol. The van der Waals surface area contributed by atoms with Gasteiger partial charge >= 0.3 is 0 Å². The van der Waals surface area contributed by atoms with Gasteiger partial charge in [-0.3, -0.25) is 9.59 Å². The number of fused-ring (bicyclic) bond motifs is 1. The summed E-state index contributed by atoms with van der Waals surface area (Å²) in [4.78, 5) is 26.5. The number of rotatable bonds is 4. The van der Waals surface area contributed by atoms with Crippen molar-refractivity contribution in [3.8, 4) is 0 Å². The molecule has 0 atom stereocenters. The summed E-state index contributed by atoms with van der Waals surface area (Å²) in [7, 11) is 0. The van der Waals surface area contributed by atoms with E-state index in [1.54, 1.807) is 16.7 Å². The topological polar surface area (TPSA) is 37.4 Å². The lowest BCUT2D eigenvalue weighted by Gasteiger charge is -2.29. The van der Waals surface area contributed by atoms with Crippen LogP contribution in [-0.2, 0) is 4.79 Å². The van der Waals surface area contributed by atoms with E-state index in [1.807, 2.05) is 25.1 Å². The van der Waals surface area contributed by atoms with E-state index >= 15 is 0 Å².